The van der Waals surface area contributed by atoms with E-state index in [-0.39, 0.29) is 30.6 Å². The number of carbonyl (C=O) groups excluding carboxylic acids is 1. The van der Waals surface area contributed by atoms with Gasteiger partial charge in [-0.05, 0) is 66.4 Å². The van der Waals surface area contributed by atoms with Gasteiger partial charge in [0.2, 0.25) is 5.91 Å². The van der Waals surface area contributed by atoms with Crippen LogP contribution in [-0.4, -0.2) is 42.8 Å². The molecule has 3 aromatic rings. The van der Waals surface area contributed by atoms with Crippen LogP contribution in [0.5, 0.6) is 0 Å². The number of anilines is 1. The lowest BCUT2D eigenvalue weighted by Gasteiger charge is -2.39. The van der Waals surface area contributed by atoms with Crippen molar-refractivity contribution in [3.05, 3.63) is 89.5 Å². The summed E-state index contributed by atoms with van der Waals surface area (Å²) in [6.07, 6.45) is -10.0. The molecule has 0 saturated carbocycles. The number of aryl methyl sites for hydroxylation is 1. The van der Waals surface area contributed by atoms with E-state index in [1.54, 1.807) is 12.1 Å². The fourth-order valence-corrected chi connectivity index (χ4v) is 6.28. The quantitative estimate of drug-likeness (QED) is 0.379. The zero-order valence-electron chi connectivity index (χ0n) is 20.9. The second-order valence-electron chi connectivity index (χ2n) is 9.33. The molecule has 1 aliphatic rings. The number of nitrogens with zero attached hydrogens (tertiary/aromatic N) is 2. The van der Waals surface area contributed by atoms with E-state index in [4.69, 9.17) is 0 Å². The lowest BCUT2D eigenvalue weighted by atomic mass is 9.87. The Morgan fingerprint density at radius 2 is 1.59 bits per heavy atom. The standard InChI is InChI=1S/C26H22F7N3O4S/c27-19-3-6-21(7-4-19)41(39,40)36-20(14-23(37)35-15-16-9-11-34-12-10-16)5-1-17-13-18(2-8-22(17)36)24(38,25(28,29)30)26(31,32)33/h2-4,6-13,20,38H,1,5,14-15H2,(H,35,37). The van der Waals surface area contributed by atoms with Gasteiger partial charge in [0.25, 0.3) is 15.6 Å². The Hall–Kier alpha value is -3.72. The highest BCUT2D eigenvalue weighted by atomic mass is 32.2. The maximum Gasteiger partial charge on any atom is 0.430 e. The molecule has 0 saturated heterocycles. The number of carbonyl (C=O) groups is 1. The minimum Gasteiger partial charge on any atom is -0.369 e. The summed E-state index contributed by atoms with van der Waals surface area (Å²) in [4.78, 5) is 16.2. The molecule has 7 nitrogen and oxygen atoms in total. The summed E-state index contributed by atoms with van der Waals surface area (Å²) in [5.41, 5.74) is -6.55. The van der Waals surface area contributed by atoms with Gasteiger partial charge in [-0.1, -0.05) is 12.1 Å². The van der Waals surface area contributed by atoms with E-state index >= 15 is 0 Å². The van der Waals surface area contributed by atoms with Gasteiger partial charge in [-0.25, -0.2) is 12.8 Å². The molecule has 15 heteroatoms. The molecule has 220 valence electrons. The van der Waals surface area contributed by atoms with Crippen LogP contribution in [0.3, 0.4) is 0 Å². The first-order chi connectivity index (χ1) is 19.1. The molecule has 2 heterocycles. The Labute approximate surface area is 229 Å². The number of alkyl halides is 6. The summed E-state index contributed by atoms with van der Waals surface area (Å²) >= 11 is 0. The van der Waals surface area contributed by atoms with Gasteiger partial charge in [0, 0.05) is 30.9 Å². The van der Waals surface area contributed by atoms with Gasteiger partial charge in [0.05, 0.1) is 16.6 Å². The number of halogens is 7. The molecule has 0 fully saturated rings. The Morgan fingerprint density at radius 1 is 0.976 bits per heavy atom. The van der Waals surface area contributed by atoms with Crippen molar-refractivity contribution in [1.29, 1.82) is 0 Å². The van der Waals surface area contributed by atoms with Crippen LogP contribution in [0.2, 0.25) is 0 Å². The number of pyridine rings is 1. The molecule has 1 amide bonds. The summed E-state index contributed by atoms with van der Waals surface area (Å²) in [5, 5.41) is 12.5. The second-order valence-corrected chi connectivity index (χ2v) is 11.1. The number of sulfonamides is 1. The van der Waals surface area contributed by atoms with Crippen LogP contribution in [0.1, 0.15) is 29.5 Å². The monoisotopic (exact) mass is 605 g/mol. The molecule has 2 N–H and O–H groups in total. The Morgan fingerprint density at radius 3 is 2.17 bits per heavy atom. The second kappa shape index (κ2) is 10.9. The molecular weight excluding hydrogens is 583 g/mol. The first-order valence-corrected chi connectivity index (χ1v) is 13.4. The molecule has 0 aliphatic carbocycles. The molecule has 1 atom stereocenters. The molecule has 4 rings (SSSR count). The summed E-state index contributed by atoms with van der Waals surface area (Å²) in [7, 11) is -4.59. The van der Waals surface area contributed by atoms with Gasteiger partial charge < -0.3 is 10.4 Å². The lowest BCUT2D eigenvalue weighted by molar-refractivity contribution is -0.376. The van der Waals surface area contributed by atoms with Crippen LogP contribution in [0.4, 0.5) is 36.4 Å². The third-order valence-electron chi connectivity index (χ3n) is 6.66. The van der Waals surface area contributed by atoms with Crippen molar-refractivity contribution in [2.75, 3.05) is 4.31 Å². The zero-order chi connectivity index (χ0) is 30.2. The fraction of sp³-hybridized carbons (Fsp3) is 0.308. The highest BCUT2D eigenvalue weighted by molar-refractivity contribution is 7.92. The highest BCUT2D eigenvalue weighted by Gasteiger charge is 2.71. The number of hydrogen-bond donors (Lipinski definition) is 2. The molecular formula is C26H22F7N3O4S. The van der Waals surface area contributed by atoms with E-state index in [1.165, 1.54) is 12.4 Å². The van der Waals surface area contributed by atoms with Crippen LogP contribution < -0.4 is 9.62 Å². The van der Waals surface area contributed by atoms with E-state index in [1.807, 2.05) is 0 Å². The van der Waals surface area contributed by atoms with E-state index in [0.717, 1.165) is 34.6 Å². The number of amides is 1. The largest absolute Gasteiger partial charge is 0.430 e. The maximum absolute atomic E-state index is 13.7. The van der Waals surface area contributed by atoms with Crippen molar-refractivity contribution < 1.29 is 49.1 Å². The number of aromatic nitrogens is 1. The van der Waals surface area contributed by atoms with Crippen LogP contribution >= 0.6 is 0 Å². The van der Waals surface area contributed by atoms with E-state index < -0.39 is 62.6 Å². The van der Waals surface area contributed by atoms with Crippen molar-refractivity contribution >= 4 is 21.6 Å². The van der Waals surface area contributed by atoms with Crippen LogP contribution in [-0.2, 0) is 33.4 Å². The highest BCUT2D eigenvalue weighted by Crippen LogP contribution is 2.51. The molecule has 1 aliphatic heterocycles. The van der Waals surface area contributed by atoms with E-state index in [9.17, 15) is 49.1 Å². The van der Waals surface area contributed by atoms with Gasteiger partial charge in [-0.15, -0.1) is 0 Å². The van der Waals surface area contributed by atoms with Gasteiger partial charge in [0.1, 0.15) is 5.82 Å². The number of aliphatic hydroxyl groups is 1. The Kier molecular flexibility index (Phi) is 8.06. The Bertz CT molecular complexity index is 1500. The normalized spacial score (nSPS) is 16.3. The van der Waals surface area contributed by atoms with Crippen molar-refractivity contribution in [2.45, 2.75) is 54.7 Å². The smallest absolute Gasteiger partial charge is 0.369 e. The molecule has 0 bridgehead atoms. The van der Waals surface area contributed by atoms with Crippen molar-refractivity contribution in [3.8, 4) is 0 Å². The molecule has 0 radical (unpaired) electrons. The minimum absolute atomic E-state index is 0.0895. The van der Waals surface area contributed by atoms with E-state index in [0.29, 0.717) is 17.7 Å². The van der Waals surface area contributed by atoms with Crippen molar-refractivity contribution in [1.82, 2.24) is 10.3 Å². The summed E-state index contributed by atoms with van der Waals surface area (Å²) in [6.45, 7) is 0.0895. The maximum atomic E-state index is 13.7. The SMILES string of the molecule is O=C(CC1CCc2cc(C(O)(C(F)(F)F)C(F)(F)F)ccc2N1S(=O)(=O)c1ccc(F)cc1)NCc1ccncc1. The van der Waals surface area contributed by atoms with Crippen molar-refractivity contribution in [3.63, 3.8) is 0 Å². The van der Waals surface area contributed by atoms with Gasteiger partial charge >= 0.3 is 12.4 Å². The number of rotatable bonds is 7. The average Bonchev–Trinajstić information content (AvgIpc) is 2.90. The third-order valence-corrected chi connectivity index (χ3v) is 8.54. The molecule has 2 aromatic carbocycles. The Balaban J connectivity index is 1.74. The topological polar surface area (TPSA) is 99.6 Å². The first kappa shape index (κ1) is 30.2. The molecule has 1 unspecified atom stereocenters. The number of nitrogens with one attached hydrogen (secondary N) is 1. The number of hydrogen-bond acceptors (Lipinski definition) is 5. The summed E-state index contributed by atoms with van der Waals surface area (Å²) in [6, 6.07) is 7.35. The van der Waals surface area contributed by atoms with E-state index in [2.05, 4.69) is 10.3 Å². The zero-order valence-corrected chi connectivity index (χ0v) is 21.7. The number of benzene rings is 2. The van der Waals surface area contributed by atoms with Crippen LogP contribution in [0.25, 0.3) is 0 Å². The van der Waals surface area contributed by atoms with Gasteiger partial charge in [0.15, 0.2) is 0 Å². The third kappa shape index (κ3) is 5.86. The predicted molar refractivity (Wildman–Crippen MR) is 131 cm³/mol. The number of fused-ring (bicyclic) bond motifs is 1. The van der Waals surface area contributed by atoms with Crippen molar-refractivity contribution in [2.24, 2.45) is 0 Å². The molecule has 41 heavy (non-hydrogen) atoms. The van der Waals surface area contributed by atoms with Crippen LogP contribution in [0, 0.1) is 5.82 Å². The average molecular weight is 606 g/mol. The fourth-order valence-electron chi connectivity index (χ4n) is 4.57. The van der Waals surface area contributed by atoms with Crippen LogP contribution in [0.15, 0.2) is 71.9 Å². The van der Waals surface area contributed by atoms with Gasteiger partial charge in [-0.2, -0.15) is 26.3 Å². The van der Waals surface area contributed by atoms with Gasteiger partial charge in [-0.3, -0.25) is 14.1 Å². The molecule has 0 spiro atoms. The predicted octanol–water partition coefficient (Wildman–Crippen LogP) is 4.75. The summed E-state index contributed by atoms with van der Waals surface area (Å²) in [5.74, 6) is -1.33. The lowest BCUT2D eigenvalue weighted by Crippen LogP contribution is -2.54. The first-order valence-electron chi connectivity index (χ1n) is 12.0. The molecule has 1 aromatic heterocycles. The minimum atomic E-state index is -6.14. The summed E-state index contributed by atoms with van der Waals surface area (Å²) < 4.78 is 123.